The van der Waals surface area contributed by atoms with Gasteiger partial charge in [0.15, 0.2) is 0 Å². The second-order valence-corrected chi connectivity index (χ2v) is 6.00. The van der Waals surface area contributed by atoms with Crippen LogP contribution in [0.15, 0.2) is 24.3 Å². The average molecular weight is 277 g/mol. The topological polar surface area (TPSA) is 44.4 Å². The van der Waals surface area contributed by atoms with Crippen LogP contribution in [0.25, 0.3) is 0 Å². The van der Waals surface area contributed by atoms with E-state index in [0.717, 1.165) is 13.1 Å². The lowest BCUT2D eigenvalue weighted by Gasteiger charge is -2.26. The summed E-state index contributed by atoms with van der Waals surface area (Å²) >= 11 is 0. The van der Waals surface area contributed by atoms with E-state index in [1.807, 2.05) is 32.9 Å². The molecule has 2 amide bonds. The zero-order chi connectivity index (χ0) is 15.2. The van der Waals surface area contributed by atoms with E-state index in [4.69, 9.17) is 0 Å². The highest BCUT2D eigenvalue weighted by molar-refractivity contribution is 5.74. The van der Waals surface area contributed by atoms with E-state index in [0.29, 0.717) is 6.54 Å². The van der Waals surface area contributed by atoms with Gasteiger partial charge in [0.25, 0.3) is 0 Å². The Morgan fingerprint density at radius 1 is 1.25 bits per heavy atom. The Morgan fingerprint density at radius 3 is 2.45 bits per heavy atom. The first-order chi connectivity index (χ1) is 9.33. The molecule has 0 fully saturated rings. The lowest BCUT2D eigenvalue weighted by Crippen LogP contribution is -2.48. The normalized spacial score (nSPS) is 11.1. The molecule has 0 bridgehead atoms. The van der Waals surface area contributed by atoms with Gasteiger partial charge >= 0.3 is 6.03 Å². The second kappa shape index (κ2) is 7.17. The van der Waals surface area contributed by atoms with Crippen molar-refractivity contribution in [2.45, 2.75) is 40.2 Å². The number of anilines is 1. The molecule has 1 aromatic carbocycles. The maximum absolute atomic E-state index is 11.7. The second-order valence-electron chi connectivity index (χ2n) is 6.00. The number of amides is 2. The van der Waals surface area contributed by atoms with Crippen LogP contribution in [0.3, 0.4) is 0 Å². The molecular weight excluding hydrogens is 250 g/mol. The van der Waals surface area contributed by atoms with E-state index in [9.17, 15) is 4.79 Å². The summed E-state index contributed by atoms with van der Waals surface area (Å²) in [5.41, 5.74) is 2.28. The number of carbonyl (C=O) groups excluding carboxylic acids is 1. The minimum absolute atomic E-state index is 0.113. The highest BCUT2D eigenvalue weighted by atomic mass is 16.2. The minimum Gasteiger partial charge on any atom is -0.370 e. The number of urea groups is 1. The van der Waals surface area contributed by atoms with Crippen LogP contribution in [0.1, 0.15) is 33.3 Å². The Morgan fingerprint density at radius 2 is 1.90 bits per heavy atom. The number of aryl methyl sites for hydroxylation is 1. The van der Waals surface area contributed by atoms with Gasteiger partial charge in [0.1, 0.15) is 0 Å². The molecule has 0 aliphatic rings. The van der Waals surface area contributed by atoms with Crippen LogP contribution in [0, 0.1) is 6.92 Å². The van der Waals surface area contributed by atoms with Crippen LogP contribution in [-0.2, 0) is 0 Å². The van der Waals surface area contributed by atoms with Gasteiger partial charge in [0, 0.05) is 30.9 Å². The molecule has 1 rings (SSSR count). The maximum atomic E-state index is 11.7. The lowest BCUT2D eigenvalue weighted by molar-refractivity contribution is 0.232. The van der Waals surface area contributed by atoms with E-state index in [1.165, 1.54) is 11.3 Å². The summed E-state index contributed by atoms with van der Waals surface area (Å²) in [5, 5.41) is 5.79. The first-order valence-corrected chi connectivity index (χ1v) is 7.20. The Labute approximate surface area is 122 Å². The molecular formula is C16H27N3O. The number of nitrogens with zero attached hydrogens (tertiary/aromatic N) is 1. The van der Waals surface area contributed by atoms with Gasteiger partial charge in [0.2, 0.25) is 0 Å². The van der Waals surface area contributed by atoms with Crippen LogP contribution in [0.2, 0.25) is 0 Å². The largest absolute Gasteiger partial charge is 0.370 e. The minimum atomic E-state index is -0.204. The van der Waals surface area contributed by atoms with Gasteiger partial charge < -0.3 is 15.5 Å². The van der Waals surface area contributed by atoms with Crippen molar-refractivity contribution in [2.24, 2.45) is 0 Å². The molecule has 0 heterocycles. The summed E-state index contributed by atoms with van der Waals surface area (Å²) in [7, 11) is 0. The fourth-order valence-corrected chi connectivity index (χ4v) is 2.06. The Bertz CT molecular complexity index is 438. The van der Waals surface area contributed by atoms with Crippen molar-refractivity contribution < 1.29 is 4.79 Å². The molecule has 0 saturated carbocycles. The highest BCUT2D eigenvalue weighted by Crippen LogP contribution is 2.18. The predicted octanol–water partition coefficient (Wildman–Crippen LogP) is 2.92. The summed E-state index contributed by atoms with van der Waals surface area (Å²) in [5.74, 6) is 0. The fraction of sp³-hybridized carbons (Fsp3) is 0.562. The first-order valence-electron chi connectivity index (χ1n) is 7.20. The molecule has 0 radical (unpaired) electrons. The van der Waals surface area contributed by atoms with Crippen molar-refractivity contribution in [2.75, 3.05) is 24.5 Å². The van der Waals surface area contributed by atoms with Crippen molar-refractivity contribution in [3.8, 4) is 0 Å². The number of benzene rings is 1. The van der Waals surface area contributed by atoms with Crippen molar-refractivity contribution in [3.05, 3.63) is 29.8 Å². The third kappa shape index (κ3) is 5.51. The molecule has 4 heteroatoms. The smallest absolute Gasteiger partial charge is 0.315 e. The molecule has 20 heavy (non-hydrogen) atoms. The van der Waals surface area contributed by atoms with Crippen molar-refractivity contribution in [3.63, 3.8) is 0 Å². The summed E-state index contributed by atoms with van der Waals surface area (Å²) in [6.07, 6.45) is 0. The van der Waals surface area contributed by atoms with Crippen LogP contribution < -0.4 is 15.5 Å². The molecule has 1 aromatic rings. The van der Waals surface area contributed by atoms with E-state index in [2.05, 4.69) is 41.5 Å². The average Bonchev–Trinajstić information content (AvgIpc) is 2.34. The Kier molecular flexibility index (Phi) is 5.86. The van der Waals surface area contributed by atoms with Gasteiger partial charge in [-0.3, -0.25) is 0 Å². The number of hydrogen-bond acceptors (Lipinski definition) is 2. The first kappa shape index (κ1) is 16.3. The van der Waals surface area contributed by atoms with Gasteiger partial charge in [-0.05, 0) is 46.2 Å². The van der Waals surface area contributed by atoms with E-state index >= 15 is 0 Å². The fourth-order valence-electron chi connectivity index (χ4n) is 2.06. The highest BCUT2D eigenvalue weighted by Gasteiger charge is 2.13. The van der Waals surface area contributed by atoms with E-state index in [1.54, 1.807) is 0 Å². The number of rotatable bonds is 5. The molecule has 0 saturated heterocycles. The SMILES string of the molecule is CCN(CCNC(=O)NC(C)(C)C)c1ccccc1C. The zero-order valence-corrected chi connectivity index (χ0v) is 13.3. The summed E-state index contributed by atoms with van der Waals surface area (Å²) in [4.78, 5) is 14.0. The third-order valence-corrected chi connectivity index (χ3v) is 2.99. The third-order valence-electron chi connectivity index (χ3n) is 2.99. The van der Waals surface area contributed by atoms with E-state index in [-0.39, 0.29) is 11.6 Å². The number of para-hydroxylation sites is 1. The molecule has 0 spiro atoms. The van der Waals surface area contributed by atoms with Crippen LogP contribution in [0.4, 0.5) is 10.5 Å². The lowest BCUT2D eigenvalue weighted by atomic mass is 10.1. The van der Waals surface area contributed by atoms with Crippen LogP contribution in [0.5, 0.6) is 0 Å². The standard InChI is InChI=1S/C16H27N3O/c1-6-19(14-10-8-7-9-13(14)2)12-11-17-15(20)18-16(3,4)5/h7-10H,6,11-12H2,1-5H3,(H2,17,18,20). The van der Waals surface area contributed by atoms with Crippen LogP contribution >= 0.6 is 0 Å². The summed E-state index contributed by atoms with van der Waals surface area (Å²) in [6, 6.07) is 8.21. The zero-order valence-electron chi connectivity index (χ0n) is 13.3. The molecule has 0 unspecified atom stereocenters. The molecule has 0 atom stereocenters. The van der Waals surface area contributed by atoms with Gasteiger partial charge in [0.05, 0.1) is 0 Å². The number of nitrogens with one attached hydrogen (secondary N) is 2. The van der Waals surface area contributed by atoms with Crippen molar-refractivity contribution in [1.82, 2.24) is 10.6 Å². The Hall–Kier alpha value is -1.71. The summed E-state index contributed by atoms with van der Waals surface area (Å²) in [6.45, 7) is 12.5. The van der Waals surface area contributed by atoms with Gasteiger partial charge in [-0.15, -0.1) is 0 Å². The number of carbonyl (C=O) groups is 1. The van der Waals surface area contributed by atoms with Crippen molar-refractivity contribution >= 4 is 11.7 Å². The van der Waals surface area contributed by atoms with Gasteiger partial charge in [-0.25, -0.2) is 4.79 Å². The quantitative estimate of drug-likeness (QED) is 0.869. The number of likely N-dealkylation sites (N-methyl/N-ethyl adjacent to an activating group) is 1. The van der Waals surface area contributed by atoms with Gasteiger partial charge in [-0.2, -0.15) is 0 Å². The molecule has 112 valence electrons. The molecule has 0 aliphatic carbocycles. The molecule has 4 nitrogen and oxygen atoms in total. The molecule has 0 aromatic heterocycles. The van der Waals surface area contributed by atoms with Gasteiger partial charge in [-0.1, -0.05) is 18.2 Å². The Balaban J connectivity index is 2.47. The predicted molar refractivity (Wildman–Crippen MR) is 85.4 cm³/mol. The molecule has 2 N–H and O–H groups in total. The summed E-state index contributed by atoms with van der Waals surface area (Å²) < 4.78 is 0. The monoisotopic (exact) mass is 277 g/mol. The molecule has 0 aliphatic heterocycles. The number of hydrogen-bond donors (Lipinski definition) is 2. The van der Waals surface area contributed by atoms with E-state index < -0.39 is 0 Å². The van der Waals surface area contributed by atoms with Crippen LogP contribution in [-0.4, -0.2) is 31.2 Å². The maximum Gasteiger partial charge on any atom is 0.315 e. The van der Waals surface area contributed by atoms with Crippen molar-refractivity contribution in [1.29, 1.82) is 0 Å².